The molecule has 0 aliphatic carbocycles. The predicted octanol–water partition coefficient (Wildman–Crippen LogP) is 4.55. The van der Waals surface area contributed by atoms with Gasteiger partial charge in [0, 0.05) is 19.5 Å². The maximum Gasteiger partial charge on any atom is 0.222 e. The highest BCUT2D eigenvalue weighted by molar-refractivity contribution is 5.76. The lowest BCUT2D eigenvalue weighted by Gasteiger charge is -2.20. The highest BCUT2D eigenvalue weighted by Gasteiger charge is 2.09. The summed E-state index contributed by atoms with van der Waals surface area (Å²) in [7, 11) is 0. The monoisotopic (exact) mass is 253 g/mol. The van der Waals surface area contributed by atoms with Crippen LogP contribution in [0.3, 0.4) is 0 Å². The molecular weight excluding hydrogens is 222 g/mol. The smallest absolute Gasteiger partial charge is 0.222 e. The molecular formula is C16H31NO. The van der Waals surface area contributed by atoms with Gasteiger partial charge in [0.05, 0.1) is 0 Å². The summed E-state index contributed by atoms with van der Waals surface area (Å²) in [6, 6.07) is 0. The van der Waals surface area contributed by atoms with Gasteiger partial charge in [0.2, 0.25) is 5.91 Å². The maximum atomic E-state index is 11.9. The summed E-state index contributed by atoms with van der Waals surface area (Å²) in [4.78, 5) is 13.9. The molecule has 0 atom stereocenters. The van der Waals surface area contributed by atoms with Crippen LogP contribution in [-0.2, 0) is 4.79 Å². The van der Waals surface area contributed by atoms with Crippen molar-refractivity contribution in [2.24, 2.45) is 0 Å². The molecule has 0 aliphatic heterocycles. The highest BCUT2D eigenvalue weighted by Crippen LogP contribution is 2.09. The minimum absolute atomic E-state index is 0.297. The summed E-state index contributed by atoms with van der Waals surface area (Å²) < 4.78 is 0. The number of nitrogens with zero attached hydrogens (tertiary/aromatic N) is 1. The molecule has 0 rings (SSSR count). The largest absolute Gasteiger partial charge is 0.339 e. The van der Waals surface area contributed by atoms with E-state index in [1.807, 2.05) is 11.0 Å². The Morgan fingerprint density at radius 3 is 2.17 bits per heavy atom. The third kappa shape index (κ3) is 9.26. The van der Waals surface area contributed by atoms with E-state index in [0.717, 1.165) is 19.4 Å². The number of hydrogen-bond donors (Lipinski definition) is 0. The van der Waals surface area contributed by atoms with Crippen molar-refractivity contribution in [3.8, 4) is 0 Å². The van der Waals surface area contributed by atoms with Gasteiger partial charge < -0.3 is 4.90 Å². The minimum Gasteiger partial charge on any atom is -0.339 e. The molecule has 0 saturated carbocycles. The van der Waals surface area contributed by atoms with Gasteiger partial charge in [0.1, 0.15) is 0 Å². The average Bonchev–Trinajstić information content (AvgIpc) is 2.37. The zero-order valence-electron chi connectivity index (χ0n) is 12.4. The third-order valence-corrected chi connectivity index (χ3v) is 3.19. The van der Waals surface area contributed by atoms with Gasteiger partial charge in [0.15, 0.2) is 0 Å². The van der Waals surface area contributed by atoms with E-state index in [1.54, 1.807) is 0 Å². The number of hydrogen-bond acceptors (Lipinski definition) is 1. The molecule has 0 unspecified atom stereocenters. The Hall–Kier alpha value is -0.790. The molecule has 0 aromatic rings. The molecule has 0 heterocycles. The van der Waals surface area contributed by atoms with Crippen molar-refractivity contribution in [3.63, 3.8) is 0 Å². The summed E-state index contributed by atoms with van der Waals surface area (Å²) in [5.74, 6) is 0.297. The van der Waals surface area contributed by atoms with Crippen LogP contribution in [0, 0.1) is 0 Å². The lowest BCUT2D eigenvalue weighted by atomic mass is 10.1. The minimum atomic E-state index is 0.297. The van der Waals surface area contributed by atoms with Crippen molar-refractivity contribution in [2.75, 3.05) is 13.1 Å². The van der Waals surface area contributed by atoms with Gasteiger partial charge in [-0.3, -0.25) is 4.79 Å². The second-order valence-corrected chi connectivity index (χ2v) is 5.00. The summed E-state index contributed by atoms with van der Waals surface area (Å²) in [5, 5.41) is 0. The van der Waals surface area contributed by atoms with Gasteiger partial charge in [-0.25, -0.2) is 0 Å². The van der Waals surface area contributed by atoms with Crippen LogP contribution in [-0.4, -0.2) is 23.9 Å². The maximum absolute atomic E-state index is 11.9. The Balaban J connectivity index is 3.57. The SMILES string of the molecule is C=CCN(CCC)C(=O)CCCCCCCCC. The zero-order chi connectivity index (χ0) is 13.6. The first-order valence-corrected chi connectivity index (χ1v) is 7.64. The van der Waals surface area contributed by atoms with E-state index in [4.69, 9.17) is 0 Å². The Morgan fingerprint density at radius 2 is 1.61 bits per heavy atom. The molecule has 106 valence electrons. The van der Waals surface area contributed by atoms with Crippen LogP contribution in [0.1, 0.15) is 71.6 Å². The van der Waals surface area contributed by atoms with Crippen molar-refractivity contribution in [1.29, 1.82) is 0 Å². The van der Waals surface area contributed by atoms with Crippen LogP contribution in [0.25, 0.3) is 0 Å². The molecule has 2 nitrogen and oxygen atoms in total. The lowest BCUT2D eigenvalue weighted by Crippen LogP contribution is -2.31. The molecule has 0 aromatic heterocycles. The fourth-order valence-electron chi connectivity index (χ4n) is 2.14. The number of carbonyl (C=O) groups excluding carboxylic acids is 1. The normalized spacial score (nSPS) is 10.3. The molecule has 0 bridgehead atoms. The molecule has 0 aliphatic rings. The van der Waals surface area contributed by atoms with Crippen LogP contribution < -0.4 is 0 Å². The first kappa shape index (κ1) is 17.2. The van der Waals surface area contributed by atoms with Crippen molar-refractivity contribution in [2.45, 2.75) is 71.6 Å². The molecule has 0 spiro atoms. The number of unbranched alkanes of at least 4 members (excludes halogenated alkanes) is 6. The van der Waals surface area contributed by atoms with E-state index in [-0.39, 0.29) is 0 Å². The molecule has 0 N–H and O–H groups in total. The predicted molar refractivity (Wildman–Crippen MR) is 79.7 cm³/mol. The second-order valence-electron chi connectivity index (χ2n) is 5.00. The summed E-state index contributed by atoms with van der Waals surface area (Å²) in [5.41, 5.74) is 0. The van der Waals surface area contributed by atoms with Gasteiger partial charge >= 0.3 is 0 Å². The Labute approximate surface area is 113 Å². The van der Waals surface area contributed by atoms with Gasteiger partial charge in [-0.2, -0.15) is 0 Å². The van der Waals surface area contributed by atoms with Crippen LogP contribution in [0.2, 0.25) is 0 Å². The first-order chi connectivity index (χ1) is 8.76. The number of carbonyl (C=O) groups is 1. The highest BCUT2D eigenvalue weighted by atomic mass is 16.2. The zero-order valence-corrected chi connectivity index (χ0v) is 12.4. The lowest BCUT2D eigenvalue weighted by molar-refractivity contribution is -0.130. The van der Waals surface area contributed by atoms with E-state index < -0.39 is 0 Å². The molecule has 18 heavy (non-hydrogen) atoms. The second kappa shape index (κ2) is 12.7. The Bertz CT molecular complexity index is 213. The van der Waals surface area contributed by atoms with E-state index >= 15 is 0 Å². The Morgan fingerprint density at radius 1 is 1.00 bits per heavy atom. The average molecular weight is 253 g/mol. The van der Waals surface area contributed by atoms with Gasteiger partial charge in [-0.1, -0.05) is 58.4 Å². The van der Waals surface area contributed by atoms with Crippen LogP contribution in [0.15, 0.2) is 12.7 Å². The first-order valence-electron chi connectivity index (χ1n) is 7.64. The van der Waals surface area contributed by atoms with Crippen LogP contribution >= 0.6 is 0 Å². The fraction of sp³-hybridized carbons (Fsp3) is 0.812. The molecule has 0 fully saturated rings. The third-order valence-electron chi connectivity index (χ3n) is 3.19. The van der Waals surface area contributed by atoms with E-state index in [0.29, 0.717) is 18.9 Å². The van der Waals surface area contributed by atoms with Crippen molar-refractivity contribution >= 4 is 5.91 Å². The molecule has 1 amide bonds. The van der Waals surface area contributed by atoms with E-state index in [1.165, 1.54) is 38.5 Å². The molecule has 0 saturated heterocycles. The number of amides is 1. The standard InChI is InChI=1S/C16H31NO/c1-4-7-8-9-10-11-12-13-16(18)17(14-5-2)15-6-3/h5H,2,4,6-15H2,1,3H3. The van der Waals surface area contributed by atoms with Crippen molar-refractivity contribution in [1.82, 2.24) is 4.90 Å². The summed E-state index contributed by atoms with van der Waals surface area (Å²) in [6.07, 6.45) is 12.4. The molecule has 2 heteroatoms. The molecule has 0 radical (unpaired) electrons. The fourth-order valence-corrected chi connectivity index (χ4v) is 2.14. The van der Waals surface area contributed by atoms with Crippen LogP contribution in [0.5, 0.6) is 0 Å². The Kier molecular flexibility index (Phi) is 12.1. The van der Waals surface area contributed by atoms with Crippen molar-refractivity contribution < 1.29 is 4.79 Å². The van der Waals surface area contributed by atoms with Gasteiger partial charge in [-0.05, 0) is 12.8 Å². The summed E-state index contributed by atoms with van der Waals surface area (Å²) in [6.45, 7) is 9.61. The van der Waals surface area contributed by atoms with Crippen molar-refractivity contribution in [3.05, 3.63) is 12.7 Å². The van der Waals surface area contributed by atoms with E-state index in [2.05, 4.69) is 20.4 Å². The van der Waals surface area contributed by atoms with E-state index in [9.17, 15) is 4.79 Å². The van der Waals surface area contributed by atoms with Gasteiger partial charge in [-0.15, -0.1) is 6.58 Å². The summed E-state index contributed by atoms with van der Waals surface area (Å²) >= 11 is 0. The quantitative estimate of drug-likeness (QED) is 0.369. The van der Waals surface area contributed by atoms with Crippen LogP contribution in [0.4, 0.5) is 0 Å². The number of rotatable bonds is 12. The topological polar surface area (TPSA) is 20.3 Å². The van der Waals surface area contributed by atoms with Gasteiger partial charge in [0.25, 0.3) is 0 Å². The molecule has 0 aromatic carbocycles.